The number of carbonyl (C=O) groups excluding carboxylic acids is 1. The van der Waals surface area contributed by atoms with Gasteiger partial charge in [-0.2, -0.15) is 0 Å². The number of rotatable bonds is 9. The van der Waals surface area contributed by atoms with E-state index in [1.807, 2.05) is 6.07 Å². The van der Waals surface area contributed by atoms with Gasteiger partial charge in [-0.1, -0.05) is 47.8 Å². The molecule has 1 aromatic rings. The third kappa shape index (κ3) is 7.38. The van der Waals surface area contributed by atoms with Gasteiger partial charge in [0.1, 0.15) is 5.75 Å². The van der Waals surface area contributed by atoms with Gasteiger partial charge < -0.3 is 11.1 Å². The van der Waals surface area contributed by atoms with E-state index in [1.54, 1.807) is 18.2 Å². The summed E-state index contributed by atoms with van der Waals surface area (Å²) in [6.45, 7) is 2.37. The summed E-state index contributed by atoms with van der Waals surface area (Å²) in [6.07, 6.45) is 2.73. The number of hydrogen-bond donors (Lipinski definition) is 2. The first-order valence-corrected chi connectivity index (χ1v) is 9.92. The molecule has 1 atom stereocenters. The molecule has 5 nitrogen and oxygen atoms in total. The molecule has 1 unspecified atom stereocenters. The Hall–Kier alpha value is -0.920. The fourth-order valence-electron chi connectivity index (χ4n) is 2.10. The fourth-order valence-corrected chi connectivity index (χ4v) is 3.82. The first-order valence-electron chi connectivity index (χ1n) is 7.30. The highest BCUT2D eigenvalue weighted by Crippen LogP contribution is 2.14. The van der Waals surface area contributed by atoms with Crippen molar-refractivity contribution in [2.24, 2.45) is 5.73 Å². The summed E-state index contributed by atoms with van der Waals surface area (Å²) < 4.78 is 25.0. The molecule has 0 radical (unpaired) electrons. The van der Waals surface area contributed by atoms with E-state index in [4.69, 9.17) is 5.73 Å². The van der Waals surface area contributed by atoms with Crippen LogP contribution in [0.3, 0.4) is 0 Å². The topological polar surface area (TPSA) is 89.3 Å². The van der Waals surface area contributed by atoms with Crippen LogP contribution in [0, 0.1) is 0 Å². The number of nitrogens with two attached hydrogens (primary N) is 1. The van der Waals surface area contributed by atoms with Gasteiger partial charge in [-0.15, -0.1) is 0 Å². The molecule has 0 spiro atoms. The molecule has 0 aromatic heterocycles. The minimum atomic E-state index is -3.50. The lowest BCUT2D eigenvalue weighted by Crippen LogP contribution is -2.42. The van der Waals surface area contributed by atoms with Gasteiger partial charge in [0.25, 0.3) is 0 Å². The second-order valence-corrected chi connectivity index (χ2v) is 8.28. The largest absolute Gasteiger partial charge is 0.351 e. The highest BCUT2D eigenvalue weighted by atomic mass is 79.9. The van der Waals surface area contributed by atoms with Crippen molar-refractivity contribution in [3.05, 3.63) is 34.3 Å². The van der Waals surface area contributed by atoms with Gasteiger partial charge in [0, 0.05) is 17.1 Å². The predicted molar refractivity (Wildman–Crippen MR) is 92.1 cm³/mol. The summed E-state index contributed by atoms with van der Waals surface area (Å²) >= 11 is 3.30. The highest BCUT2D eigenvalue weighted by Gasteiger charge is 2.19. The molecule has 1 rings (SSSR count). The second-order valence-electron chi connectivity index (χ2n) is 5.30. The van der Waals surface area contributed by atoms with Crippen molar-refractivity contribution in [3.63, 3.8) is 0 Å². The molecule has 0 bridgehead atoms. The predicted octanol–water partition coefficient (Wildman–Crippen LogP) is 2.00. The summed E-state index contributed by atoms with van der Waals surface area (Å²) in [5.41, 5.74) is 6.25. The Morgan fingerprint density at radius 1 is 1.41 bits per heavy atom. The molecule has 1 amide bonds. The van der Waals surface area contributed by atoms with Crippen molar-refractivity contribution in [3.8, 4) is 0 Å². The van der Waals surface area contributed by atoms with Gasteiger partial charge in [-0.05, 0) is 24.1 Å². The van der Waals surface area contributed by atoms with E-state index in [0.717, 1.165) is 23.7 Å². The lowest BCUT2D eigenvalue weighted by molar-refractivity contribution is -0.119. The number of halogens is 1. The van der Waals surface area contributed by atoms with Crippen molar-refractivity contribution in [2.45, 2.75) is 38.0 Å². The molecule has 124 valence electrons. The number of carbonyl (C=O) groups is 1. The summed E-state index contributed by atoms with van der Waals surface area (Å²) in [7, 11) is -3.50. The fraction of sp³-hybridized carbons (Fsp3) is 0.533. The van der Waals surface area contributed by atoms with E-state index in [9.17, 15) is 13.2 Å². The molecule has 3 N–H and O–H groups in total. The average Bonchev–Trinajstić information content (AvgIpc) is 2.42. The van der Waals surface area contributed by atoms with Crippen LogP contribution >= 0.6 is 15.9 Å². The van der Waals surface area contributed by atoms with Crippen LogP contribution in [-0.4, -0.2) is 32.7 Å². The van der Waals surface area contributed by atoms with Crippen LogP contribution < -0.4 is 11.1 Å². The Morgan fingerprint density at radius 2 is 2.14 bits per heavy atom. The molecule has 0 saturated heterocycles. The van der Waals surface area contributed by atoms with Gasteiger partial charge >= 0.3 is 0 Å². The van der Waals surface area contributed by atoms with Gasteiger partial charge in [0.05, 0.1) is 5.75 Å². The number of sulfone groups is 1. The molecule has 0 heterocycles. The minimum absolute atomic E-state index is 0.151. The standard InChI is InChI=1S/C15H23BrN2O3S/c1-2-3-7-14(9-17)18-15(19)11-22(20,21)10-12-5-4-6-13(16)8-12/h4-6,8,14H,2-3,7,9-11,17H2,1H3,(H,18,19). The van der Waals surface area contributed by atoms with Crippen molar-refractivity contribution in [1.82, 2.24) is 5.32 Å². The molecule has 7 heteroatoms. The lowest BCUT2D eigenvalue weighted by Gasteiger charge is -2.16. The summed E-state index contributed by atoms with van der Waals surface area (Å²) in [5, 5.41) is 2.70. The van der Waals surface area contributed by atoms with Crippen LogP contribution in [0.1, 0.15) is 31.7 Å². The third-order valence-corrected chi connectivity index (χ3v) is 5.15. The lowest BCUT2D eigenvalue weighted by atomic mass is 10.1. The zero-order valence-corrected chi connectivity index (χ0v) is 15.1. The van der Waals surface area contributed by atoms with Crippen molar-refractivity contribution in [1.29, 1.82) is 0 Å². The van der Waals surface area contributed by atoms with E-state index in [-0.39, 0.29) is 11.8 Å². The molecule has 0 aliphatic rings. The average molecular weight is 391 g/mol. The smallest absolute Gasteiger partial charge is 0.235 e. The number of amides is 1. The van der Waals surface area contributed by atoms with Crippen LogP contribution in [0.4, 0.5) is 0 Å². The SMILES string of the molecule is CCCCC(CN)NC(=O)CS(=O)(=O)Cc1cccc(Br)c1. The van der Waals surface area contributed by atoms with E-state index < -0.39 is 21.5 Å². The molecule has 0 aliphatic carbocycles. The van der Waals surface area contributed by atoms with Crippen LogP contribution in [0.15, 0.2) is 28.7 Å². The number of benzene rings is 1. The van der Waals surface area contributed by atoms with Gasteiger partial charge in [-0.3, -0.25) is 4.79 Å². The second kappa shape index (κ2) is 9.27. The van der Waals surface area contributed by atoms with Crippen LogP contribution in [-0.2, 0) is 20.4 Å². The summed E-state index contributed by atoms with van der Waals surface area (Å²) in [6, 6.07) is 6.89. The number of hydrogen-bond acceptors (Lipinski definition) is 4. The maximum atomic E-state index is 12.1. The third-order valence-electron chi connectivity index (χ3n) is 3.18. The maximum Gasteiger partial charge on any atom is 0.235 e. The van der Waals surface area contributed by atoms with E-state index in [0.29, 0.717) is 12.1 Å². The van der Waals surface area contributed by atoms with Gasteiger partial charge in [0.15, 0.2) is 9.84 Å². The van der Waals surface area contributed by atoms with E-state index in [2.05, 4.69) is 28.2 Å². The van der Waals surface area contributed by atoms with E-state index >= 15 is 0 Å². The normalized spacial score (nSPS) is 12.9. The molecule has 0 fully saturated rings. The quantitative estimate of drug-likeness (QED) is 0.674. The Balaban J connectivity index is 2.58. The first kappa shape index (κ1) is 19.1. The van der Waals surface area contributed by atoms with Gasteiger partial charge in [-0.25, -0.2) is 8.42 Å². The zero-order valence-electron chi connectivity index (χ0n) is 12.7. The monoisotopic (exact) mass is 390 g/mol. The van der Waals surface area contributed by atoms with Gasteiger partial charge in [0.2, 0.25) is 5.91 Å². The molecule has 0 aliphatic heterocycles. The number of nitrogens with one attached hydrogen (secondary N) is 1. The van der Waals surface area contributed by atoms with Crippen LogP contribution in [0.2, 0.25) is 0 Å². The molecular formula is C15H23BrN2O3S. The summed E-state index contributed by atoms with van der Waals surface area (Å²) in [5.74, 6) is -1.15. The molecular weight excluding hydrogens is 368 g/mol. The highest BCUT2D eigenvalue weighted by molar-refractivity contribution is 9.10. The first-order chi connectivity index (χ1) is 10.4. The Morgan fingerprint density at radius 3 is 2.73 bits per heavy atom. The van der Waals surface area contributed by atoms with Crippen LogP contribution in [0.5, 0.6) is 0 Å². The maximum absolute atomic E-state index is 12.1. The minimum Gasteiger partial charge on any atom is -0.351 e. The van der Waals surface area contributed by atoms with E-state index in [1.165, 1.54) is 0 Å². The van der Waals surface area contributed by atoms with Crippen molar-refractivity contribution < 1.29 is 13.2 Å². The Kier molecular flexibility index (Phi) is 8.06. The number of unbranched alkanes of at least 4 members (excludes halogenated alkanes) is 1. The van der Waals surface area contributed by atoms with Crippen LogP contribution in [0.25, 0.3) is 0 Å². The molecule has 22 heavy (non-hydrogen) atoms. The molecule has 1 aromatic carbocycles. The van der Waals surface area contributed by atoms with Crippen molar-refractivity contribution in [2.75, 3.05) is 12.3 Å². The zero-order chi connectivity index (χ0) is 16.6. The Bertz CT molecular complexity index is 590. The van der Waals surface area contributed by atoms with Crippen molar-refractivity contribution >= 4 is 31.7 Å². The summed E-state index contributed by atoms with van der Waals surface area (Å²) in [4.78, 5) is 11.9. The molecule has 0 saturated carbocycles. The Labute approximate surface area is 140 Å².